The average Bonchev–Trinajstić information content (AvgIpc) is 2.37. The first-order chi connectivity index (χ1) is 6.72. The lowest BCUT2D eigenvalue weighted by molar-refractivity contribution is 0.237. The molecule has 1 atom stereocenters. The lowest BCUT2D eigenvalue weighted by atomic mass is 9.77. The lowest BCUT2D eigenvalue weighted by Crippen LogP contribution is -2.29. The van der Waals surface area contributed by atoms with Crippen LogP contribution in [0.5, 0.6) is 0 Å². The second-order valence-corrected chi connectivity index (χ2v) is 4.33. The molecule has 0 bridgehead atoms. The Hall–Kier alpha value is -0.760. The van der Waals surface area contributed by atoms with Gasteiger partial charge in [0.25, 0.3) is 0 Å². The third-order valence-corrected chi connectivity index (χ3v) is 3.35. The van der Waals surface area contributed by atoms with Crippen molar-refractivity contribution in [2.45, 2.75) is 39.2 Å². The van der Waals surface area contributed by atoms with Crippen LogP contribution in [0.3, 0.4) is 0 Å². The van der Waals surface area contributed by atoms with Gasteiger partial charge in [-0.3, -0.25) is 0 Å². The van der Waals surface area contributed by atoms with Crippen LogP contribution in [0, 0.1) is 19.8 Å². The Morgan fingerprint density at radius 3 is 2.50 bits per heavy atom. The van der Waals surface area contributed by atoms with E-state index in [0.717, 1.165) is 17.4 Å². The molecule has 0 amide bonds. The minimum atomic E-state index is 0.501. The zero-order chi connectivity index (χ0) is 10.1. The maximum Gasteiger partial charge on any atom is 0.105 e. The van der Waals surface area contributed by atoms with Crippen LogP contribution in [0.2, 0.25) is 0 Å². The molecule has 1 aliphatic rings. The predicted octanol–water partition coefficient (Wildman–Crippen LogP) is 2.96. The molecule has 1 saturated carbocycles. The monoisotopic (exact) mass is 193 g/mol. The van der Waals surface area contributed by atoms with E-state index in [9.17, 15) is 0 Å². The van der Waals surface area contributed by atoms with Gasteiger partial charge >= 0.3 is 0 Å². The Balaban J connectivity index is 2.21. The van der Waals surface area contributed by atoms with Crippen LogP contribution >= 0.6 is 0 Å². The molecule has 1 fully saturated rings. The van der Waals surface area contributed by atoms with Gasteiger partial charge in [-0.1, -0.05) is 6.42 Å². The molecule has 78 valence electrons. The molecule has 1 heterocycles. The van der Waals surface area contributed by atoms with Crippen LogP contribution in [0.4, 0.5) is 0 Å². The van der Waals surface area contributed by atoms with Gasteiger partial charge in [0.1, 0.15) is 11.5 Å². The van der Waals surface area contributed by atoms with Gasteiger partial charge in [0.15, 0.2) is 0 Å². The first-order valence-corrected chi connectivity index (χ1v) is 5.46. The molecule has 1 N–H and O–H groups in total. The van der Waals surface area contributed by atoms with E-state index in [0.29, 0.717) is 6.04 Å². The summed E-state index contributed by atoms with van der Waals surface area (Å²) in [6, 6.07) is 2.68. The Morgan fingerprint density at radius 1 is 1.43 bits per heavy atom. The standard InChI is InChI=1S/C12H19NO/c1-8-7-11(9(2)14-8)12(13-3)10-5-4-6-10/h7,10,12-13H,4-6H2,1-3H3. The van der Waals surface area contributed by atoms with Crippen molar-refractivity contribution in [2.24, 2.45) is 5.92 Å². The van der Waals surface area contributed by atoms with E-state index >= 15 is 0 Å². The quantitative estimate of drug-likeness (QED) is 0.798. The minimum Gasteiger partial charge on any atom is -0.466 e. The predicted molar refractivity (Wildman–Crippen MR) is 57.3 cm³/mol. The molecule has 14 heavy (non-hydrogen) atoms. The van der Waals surface area contributed by atoms with Gasteiger partial charge < -0.3 is 9.73 Å². The zero-order valence-electron chi connectivity index (χ0n) is 9.26. The van der Waals surface area contributed by atoms with Crippen LogP contribution in [0.15, 0.2) is 10.5 Å². The SMILES string of the molecule is CNC(c1cc(C)oc1C)C1CCC1. The molecular formula is C12H19NO. The highest BCUT2D eigenvalue weighted by Crippen LogP contribution is 2.39. The van der Waals surface area contributed by atoms with E-state index in [1.165, 1.54) is 24.8 Å². The summed E-state index contributed by atoms with van der Waals surface area (Å²) in [7, 11) is 2.05. The first-order valence-electron chi connectivity index (χ1n) is 5.46. The van der Waals surface area contributed by atoms with Crippen molar-refractivity contribution in [1.29, 1.82) is 0 Å². The van der Waals surface area contributed by atoms with Crippen LogP contribution in [0.25, 0.3) is 0 Å². The highest BCUT2D eigenvalue weighted by molar-refractivity contribution is 5.25. The molecule has 0 aromatic carbocycles. The molecule has 2 rings (SSSR count). The summed E-state index contributed by atoms with van der Waals surface area (Å²) < 4.78 is 5.58. The second-order valence-electron chi connectivity index (χ2n) is 4.33. The van der Waals surface area contributed by atoms with Crippen LogP contribution < -0.4 is 5.32 Å². The number of aryl methyl sites for hydroxylation is 2. The largest absolute Gasteiger partial charge is 0.466 e. The van der Waals surface area contributed by atoms with Crippen molar-refractivity contribution >= 4 is 0 Å². The van der Waals surface area contributed by atoms with Gasteiger partial charge in [-0.05, 0) is 45.7 Å². The summed E-state index contributed by atoms with van der Waals surface area (Å²) in [6.45, 7) is 4.08. The third-order valence-electron chi connectivity index (χ3n) is 3.35. The van der Waals surface area contributed by atoms with E-state index in [1.807, 2.05) is 14.0 Å². The van der Waals surface area contributed by atoms with Gasteiger partial charge in [-0.15, -0.1) is 0 Å². The Labute approximate surface area is 85.7 Å². The summed E-state index contributed by atoms with van der Waals surface area (Å²) in [4.78, 5) is 0. The number of furan rings is 1. The van der Waals surface area contributed by atoms with Crippen molar-refractivity contribution in [1.82, 2.24) is 5.32 Å². The maximum absolute atomic E-state index is 5.58. The molecule has 0 saturated heterocycles. The van der Waals surface area contributed by atoms with Crippen molar-refractivity contribution < 1.29 is 4.42 Å². The van der Waals surface area contributed by atoms with E-state index in [2.05, 4.69) is 18.3 Å². The average molecular weight is 193 g/mol. The van der Waals surface area contributed by atoms with E-state index in [1.54, 1.807) is 0 Å². The van der Waals surface area contributed by atoms with Crippen LogP contribution in [0.1, 0.15) is 42.4 Å². The fraction of sp³-hybridized carbons (Fsp3) is 0.667. The number of rotatable bonds is 3. The van der Waals surface area contributed by atoms with Gasteiger partial charge in [-0.25, -0.2) is 0 Å². The third kappa shape index (κ3) is 1.59. The van der Waals surface area contributed by atoms with Gasteiger partial charge in [0.2, 0.25) is 0 Å². The summed E-state index contributed by atoms with van der Waals surface area (Å²) >= 11 is 0. The number of nitrogens with one attached hydrogen (secondary N) is 1. The molecule has 2 nitrogen and oxygen atoms in total. The molecule has 0 radical (unpaired) electrons. The number of hydrogen-bond acceptors (Lipinski definition) is 2. The van der Waals surface area contributed by atoms with Crippen LogP contribution in [-0.4, -0.2) is 7.05 Å². The van der Waals surface area contributed by atoms with Crippen molar-refractivity contribution in [3.05, 3.63) is 23.2 Å². The zero-order valence-corrected chi connectivity index (χ0v) is 9.26. The van der Waals surface area contributed by atoms with E-state index < -0.39 is 0 Å². The van der Waals surface area contributed by atoms with Gasteiger partial charge in [0, 0.05) is 11.6 Å². The molecule has 0 spiro atoms. The smallest absolute Gasteiger partial charge is 0.105 e. The summed E-state index contributed by atoms with van der Waals surface area (Å²) in [6.07, 6.45) is 4.10. The molecule has 0 aliphatic heterocycles. The Morgan fingerprint density at radius 2 is 2.14 bits per heavy atom. The van der Waals surface area contributed by atoms with Crippen molar-refractivity contribution in [2.75, 3.05) is 7.05 Å². The molecular weight excluding hydrogens is 174 g/mol. The maximum atomic E-state index is 5.58. The normalized spacial score (nSPS) is 19.4. The first kappa shape index (κ1) is 9.78. The molecule has 1 aromatic heterocycles. The van der Waals surface area contributed by atoms with Gasteiger partial charge in [-0.2, -0.15) is 0 Å². The van der Waals surface area contributed by atoms with Gasteiger partial charge in [0.05, 0.1) is 0 Å². The van der Waals surface area contributed by atoms with E-state index in [4.69, 9.17) is 4.42 Å². The summed E-state index contributed by atoms with van der Waals surface area (Å²) in [5, 5.41) is 3.41. The Kier molecular flexibility index (Phi) is 2.64. The second kappa shape index (κ2) is 3.77. The summed E-state index contributed by atoms with van der Waals surface area (Å²) in [5.41, 5.74) is 1.36. The van der Waals surface area contributed by atoms with Crippen LogP contribution in [-0.2, 0) is 0 Å². The van der Waals surface area contributed by atoms with Crippen molar-refractivity contribution in [3.8, 4) is 0 Å². The van der Waals surface area contributed by atoms with Crippen molar-refractivity contribution in [3.63, 3.8) is 0 Å². The lowest BCUT2D eigenvalue weighted by Gasteiger charge is -2.33. The Bertz CT molecular complexity index is 312. The number of hydrogen-bond donors (Lipinski definition) is 1. The fourth-order valence-electron chi connectivity index (χ4n) is 2.38. The fourth-order valence-corrected chi connectivity index (χ4v) is 2.38. The molecule has 1 aromatic rings. The highest BCUT2D eigenvalue weighted by Gasteiger charge is 2.29. The topological polar surface area (TPSA) is 25.2 Å². The highest BCUT2D eigenvalue weighted by atomic mass is 16.3. The minimum absolute atomic E-state index is 0.501. The summed E-state index contributed by atoms with van der Waals surface area (Å²) in [5.74, 6) is 2.92. The van der Waals surface area contributed by atoms with E-state index in [-0.39, 0.29) is 0 Å². The molecule has 1 unspecified atom stereocenters. The molecule has 1 aliphatic carbocycles. The molecule has 2 heteroatoms.